The predicted octanol–water partition coefficient (Wildman–Crippen LogP) is 0.359. The minimum absolute atomic E-state index is 0. The summed E-state index contributed by atoms with van der Waals surface area (Å²) >= 11 is 0. The molecule has 0 heterocycles. The largest absolute Gasteiger partial charge is 0.481 e. The van der Waals surface area contributed by atoms with Gasteiger partial charge >= 0.3 is 0 Å². The third-order valence-electron chi connectivity index (χ3n) is 0. The molecule has 8 nitrogen and oxygen atoms in total. The Labute approximate surface area is 130 Å². The molecule has 0 unspecified atom stereocenters. The third kappa shape index (κ3) is 3960. The summed E-state index contributed by atoms with van der Waals surface area (Å²) in [5.74, 6) is -3.33. The number of aliphatic carboxylic acids is 4. The molecule has 0 fully saturated rings. The van der Waals surface area contributed by atoms with Crippen molar-refractivity contribution in [1.29, 1.82) is 0 Å². The van der Waals surface area contributed by atoms with Crippen molar-refractivity contribution in [3.05, 3.63) is 0 Å². The Kier molecular flexibility index (Phi) is 59.6. The molecule has 0 aliphatic rings. The van der Waals surface area contributed by atoms with Gasteiger partial charge in [0, 0.05) is 66.7 Å². The Balaban J connectivity index is -0.0000000257. The van der Waals surface area contributed by atoms with E-state index in [0.29, 0.717) is 0 Å². The molecule has 0 aromatic heterocycles. The Morgan fingerprint density at radius 2 is 0.500 bits per heavy atom. The first kappa shape index (κ1) is 36.0. The monoisotopic (exact) mass is 446 g/mol. The van der Waals surface area contributed by atoms with Crippen LogP contribution in [0.3, 0.4) is 0 Å². The Bertz CT molecular complexity index is 165. The fourth-order valence-electron chi connectivity index (χ4n) is 0. The van der Waals surface area contributed by atoms with E-state index in [1.165, 1.54) is 0 Å². The molecule has 0 atom stereocenters. The van der Waals surface area contributed by atoms with Gasteiger partial charge in [-0.05, 0) is 0 Å². The average molecular weight is 446 g/mol. The van der Waals surface area contributed by atoms with Gasteiger partial charge in [0.2, 0.25) is 0 Å². The van der Waals surface area contributed by atoms with Crippen LogP contribution < -0.4 is 0 Å². The topological polar surface area (TPSA) is 149 Å². The number of carboxylic acids is 4. The van der Waals surface area contributed by atoms with E-state index in [0.717, 1.165) is 27.7 Å². The molecule has 0 saturated heterocycles. The second-order valence-corrected chi connectivity index (χ2v) is 2.08. The minimum Gasteiger partial charge on any atom is -0.481 e. The Morgan fingerprint density at radius 3 is 0.500 bits per heavy atom. The van der Waals surface area contributed by atoms with Gasteiger partial charge in [0.05, 0.1) is 0 Å². The van der Waals surface area contributed by atoms with Gasteiger partial charge in [-0.1, -0.05) is 0 Å². The van der Waals surface area contributed by atoms with Gasteiger partial charge in [-0.15, -0.1) is 0 Å². The van der Waals surface area contributed by atoms with Crippen LogP contribution in [0, 0.1) is 0 Å². The van der Waals surface area contributed by atoms with Gasteiger partial charge in [0.15, 0.2) is 0 Å². The van der Waals surface area contributed by atoms with Crippen LogP contribution in [0.1, 0.15) is 27.7 Å². The van der Waals surface area contributed by atoms with Crippen molar-refractivity contribution in [1.82, 2.24) is 0 Å². The van der Waals surface area contributed by atoms with E-state index >= 15 is 0 Å². The normalized spacial score (nSPS) is 5.56. The van der Waals surface area contributed by atoms with Crippen LogP contribution in [-0.2, 0) is 58.1 Å². The fraction of sp³-hybridized carbons (Fsp3) is 0.500. The van der Waals surface area contributed by atoms with Gasteiger partial charge < -0.3 is 20.4 Å². The molecule has 0 rings (SSSR count). The van der Waals surface area contributed by atoms with Crippen molar-refractivity contribution >= 4 is 23.9 Å². The van der Waals surface area contributed by atoms with Gasteiger partial charge in [-0.2, -0.15) is 0 Å². The van der Waals surface area contributed by atoms with Gasteiger partial charge in [0.1, 0.15) is 0 Å². The second-order valence-electron chi connectivity index (χ2n) is 2.08. The first-order chi connectivity index (χ1) is 6.93. The Hall–Kier alpha value is -0.873. The molecule has 0 aliphatic heterocycles. The van der Waals surface area contributed by atoms with Crippen molar-refractivity contribution in [2.45, 2.75) is 27.7 Å². The summed E-state index contributed by atoms with van der Waals surface area (Å²) in [6, 6.07) is 0. The molecule has 0 aliphatic carbocycles. The maximum absolute atomic E-state index is 9.00. The van der Waals surface area contributed by atoms with Crippen molar-refractivity contribution < 1.29 is 78.6 Å². The van der Waals surface area contributed by atoms with Crippen LogP contribution in [0.2, 0.25) is 0 Å². The molecule has 18 heavy (non-hydrogen) atoms. The van der Waals surface area contributed by atoms with E-state index in [4.69, 9.17) is 39.6 Å². The van der Waals surface area contributed by atoms with Crippen molar-refractivity contribution in [2.24, 2.45) is 0 Å². The maximum Gasteiger partial charge on any atom is 0.300 e. The van der Waals surface area contributed by atoms with E-state index in [1.807, 2.05) is 0 Å². The van der Waals surface area contributed by atoms with Crippen LogP contribution in [0.25, 0.3) is 0 Å². The molecule has 0 aromatic carbocycles. The van der Waals surface area contributed by atoms with Crippen molar-refractivity contribution in [3.63, 3.8) is 0 Å². The molecule has 10 heteroatoms. The minimum atomic E-state index is -0.833. The molecule has 0 bridgehead atoms. The molecule has 2 radical (unpaired) electrons. The summed E-state index contributed by atoms with van der Waals surface area (Å²) in [5.41, 5.74) is 0. The summed E-state index contributed by atoms with van der Waals surface area (Å²) in [6.45, 7) is 4.33. The molecule has 0 spiro atoms. The Morgan fingerprint density at radius 1 is 0.500 bits per heavy atom. The van der Waals surface area contributed by atoms with Gasteiger partial charge in [-0.3, -0.25) is 19.2 Å². The first-order valence-corrected chi connectivity index (χ1v) is 3.71. The van der Waals surface area contributed by atoms with Crippen LogP contribution >= 0.6 is 0 Å². The summed E-state index contributed by atoms with van der Waals surface area (Å²) in [4.78, 5) is 36.0. The molecular weight excluding hydrogens is 430 g/mol. The van der Waals surface area contributed by atoms with Crippen LogP contribution in [0.15, 0.2) is 0 Å². The fourth-order valence-corrected chi connectivity index (χ4v) is 0. The summed E-state index contributed by atoms with van der Waals surface area (Å²) in [7, 11) is 0. The molecule has 114 valence electrons. The van der Waals surface area contributed by atoms with Crippen LogP contribution in [0.4, 0.5) is 0 Å². The zero-order valence-corrected chi connectivity index (χ0v) is 13.4. The van der Waals surface area contributed by atoms with E-state index < -0.39 is 23.9 Å². The summed E-state index contributed by atoms with van der Waals surface area (Å²) < 4.78 is 0. The van der Waals surface area contributed by atoms with Crippen LogP contribution in [0.5, 0.6) is 0 Å². The zero-order valence-electron chi connectivity index (χ0n) is 10.1. The van der Waals surface area contributed by atoms with E-state index in [1.54, 1.807) is 0 Å². The van der Waals surface area contributed by atoms with Crippen LogP contribution in [-0.4, -0.2) is 44.3 Å². The molecule has 4 N–H and O–H groups in total. The van der Waals surface area contributed by atoms with Gasteiger partial charge in [-0.25, -0.2) is 0 Å². The maximum atomic E-state index is 9.00. The van der Waals surface area contributed by atoms with E-state index in [9.17, 15) is 0 Å². The number of hydrogen-bond donors (Lipinski definition) is 4. The average Bonchev–Trinajstić information content (AvgIpc) is 1.76. The van der Waals surface area contributed by atoms with Crippen molar-refractivity contribution in [3.8, 4) is 0 Å². The number of carbonyl (C=O) groups is 4. The first-order valence-electron chi connectivity index (χ1n) is 3.71. The molecule has 0 aromatic rings. The summed E-state index contributed by atoms with van der Waals surface area (Å²) in [5, 5.41) is 29.7. The summed E-state index contributed by atoms with van der Waals surface area (Å²) in [6.07, 6.45) is 0. The smallest absolute Gasteiger partial charge is 0.300 e. The van der Waals surface area contributed by atoms with E-state index in [-0.39, 0.29) is 39.0 Å². The predicted molar refractivity (Wildman–Crippen MR) is 53.2 cm³/mol. The number of carboxylic acid groups (broad SMARTS) is 4. The molecular formula is C8H16O8Rh2. The number of hydrogen-bond acceptors (Lipinski definition) is 4. The number of rotatable bonds is 0. The SMILES string of the molecule is CC(=O)O.CC(=O)O.CC(=O)O.CC(=O)O.[Rh].[Rh]. The van der Waals surface area contributed by atoms with E-state index in [2.05, 4.69) is 0 Å². The standard InChI is InChI=1S/4C2H4O2.2Rh/c4*1-2(3)4;;/h4*1H3,(H,3,4);;. The molecule has 0 amide bonds. The quantitative estimate of drug-likeness (QED) is 0.390. The van der Waals surface area contributed by atoms with Crippen molar-refractivity contribution in [2.75, 3.05) is 0 Å². The van der Waals surface area contributed by atoms with Gasteiger partial charge in [0.25, 0.3) is 23.9 Å². The second kappa shape index (κ2) is 29.8. The molecule has 0 saturated carbocycles. The zero-order chi connectivity index (χ0) is 14.3. The third-order valence-corrected chi connectivity index (χ3v) is 0.